The van der Waals surface area contributed by atoms with Crippen LogP contribution in [0.3, 0.4) is 0 Å². The van der Waals surface area contributed by atoms with Crippen LogP contribution in [0.25, 0.3) is 10.9 Å². The number of nitrogens with one attached hydrogen (secondary N) is 1. The van der Waals surface area contributed by atoms with Crippen LogP contribution in [0.15, 0.2) is 48.5 Å². The van der Waals surface area contributed by atoms with Crippen molar-refractivity contribution in [3.63, 3.8) is 0 Å². The summed E-state index contributed by atoms with van der Waals surface area (Å²) in [4.78, 5) is 17.4. The summed E-state index contributed by atoms with van der Waals surface area (Å²) in [5.41, 5.74) is 3.11. The van der Waals surface area contributed by atoms with Gasteiger partial charge in [0.15, 0.2) is 11.5 Å². The van der Waals surface area contributed by atoms with Crippen LogP contribution in [0.1, 0.15) is 48.4 Å². The Morgan fingerprint density at radius 3 is 2.50 bits per heavy atom. The fourth-order valence-electron chi connectivity index (χ4n) is 3.10. The first-order chi connectivity index (χ1) is 13.4. The van der Waals surface area contributed by atoms with E-state index in [-0.39, 0.29) is 18.1 Å². The predicted octanol–water partition coefficient (Wildman–Crippen LogP) is 4.83. The maximum atomic E-state index is 12.9. The minimum atomic E-state index is -0.194. The Bertz CT molecular complexity index is 998. The molecule has 3 aromatic rings. The normalized spacial score (nSPS) is 12.1. The number of nitrogens with zero attached hydrogens (tertiary/aromatic N) is 1. The summed E-state index contributed by atoms with van der Waals surface area (Å²) in [6.45, 7) is 7.73. The van der Waals surface area contributed by atoms with Gasteiger partial charge >= 0.3 is 0 Å². The fourth-order valence-corrected chi connectivity index (χ4v) is 3.10. The van der Waals surface area contributed by atoms with E-state index in [1.54, 1.807) is 7.11 Å². The molecule has 0 aliphatic rings. The van der Waals surface area contributed by atoms with Crippen molar-refractivity contribution >= 4 is 16.8 Å². The minimum absolute atomic E-state index is 0.0558. The van der Waals surface area contributed by atoms with E-state index in [0.717, 1.165) is 16.5 Å². The Labute approximate surface area is 165 Å². The molecular weight excluding hydrogens is 352 g/mol. The van der Waals surface area contributed by atoms with Crippen molar-refractivity contribution in [2.24, 2.45) is 0 Å². The molecule has 28 heavy (non-hydrogen) atoms. The molecule has 2 aromatic carbocycles. The Hall–Kier alpha value is -3.08. The number of ether oxygens (including phenoxy) is 2. The van der Waals surface area contributed by atoms with Crippen molar-refractivity contribution in [3.8, 4) is 11.5 Å². The molecule has 0 aliphatic heterocycles. The highest BCUT2D eigenvalue weighted by Crippen LogP contribution is 2.31. The van der Waals surface area contributed by atoms with Crippen LogP contribution in [-0.4, -0.2) is 24.1 Å². The standard InChI is InChI=1S/C23H26N2O3/c1-14(2)28-21-11-10-17(13-22(21)27-5)15(3)25-23(26)19-12-18-8-6-7-9-20(18)24-16(19)4/h6-15H,1-5H3,(H,25,26). The molecule has 3 rings (SSSR count). The van der Waals surface area contributed by atoms with Crippen molar-refractivity contribution in [2.75, 3.05) is 7.11 Å². The number of aromatic nitrogens is 1. The fraction of sp³-hybridized carbons (Fsp3) is 0.304. The number of aryl methyl sites for hydroxylation is 1. The van der Waals surface area contributed by atoms with Crippen molar-refractivity contribution in [1.29, 1.82) is 0 Å². The smallest absolute Gasteiger partial charge is 0.253 e. The molecule has 1 N–H and O–H groups in total. The summed E-state index contributed by atoms with van der Waals surface area (Å²) in [6, 6.07) is 15.2. The van der Waals surface area contributed by atoms with Gasteiger partial charge in [0.05, 0.1) is 36.0 Å². The van der Waals surface area contributed by atoms with Crippen LogP contribution in [0.5, 0.6) is 11.5 Å². The molecule has 1 unspecified atom stereocenters. The number of para-hydroxylation sites is 1. The largest absolute Gasteiger partial charge is 0.493 e. The third-order valence-electron chi connectivity index (χ3n) is 4.56. The van der Waals surface area contributed by atoms with E-state index in [2.05, 4.69) is 10.3 Å². The summed E-state index contributed by atoms with van der Waals surface area (Å²) in [7, 11) is 1.61. The number of pyridine rings is 1. The lowest BCUT2D eigenvalue weighted by molar-refractivity contribution is 0.0939. The molecule has 0 fully saturated rings. The van der Waals surface area contributed by atoms with Gasteiger partial charge in [-0.1, -0.05) is 24.3 Å². The van der Waals surface area contributed by atoms with E-state index in [1.165, 1.54) is 0 Å². The van der Waals surface area contributed by atoms with E-state index in [4.69, 9.17) is 9.47 Å². The third kappa shape index (κ3) is 4.25. The Kier molecular flexibility index (Phi) is 5.83. The van der Waals surface area contributed by atoms with Gasteiger partial charge in [0, 0.05) is 5.39 Å². The molecule has 0 spiro atoms. The Morgan fingerprint density at radius 2 is 1.79 bits per heavy atom. The molecule has 1 aromatic heterocycles. The van der Waals surface area contributed by atoms with Gasteiger partial charge in [-0.3, -0.25) is 9.78 Å². The van der Waals surface area contributed by atoms with Crippen LogP contribution >= 0.6 is 0 Å². The second kappa shape index (κ2) is 8.30. The molecule has 1 heterocycles. The first-order valence-electron chi connectivity index (χ1n) is 9.41. The lowest BCUT2D eigenvalue weighted by Gasteiger charge is -2.18. The molecule has 0 radical (unpaired) electrons. The Balaban J connectivity index is 1.81. The first-order valence-corrected chi connectivity index (χ1v) is 9.41. The number of hydrogen-bond donors (Lipinski definition) is 1. The van der Waals surface area contributed by atoms with Crippen molar-refractivity contribution in [1.82, 2.24) is 10.3 Å². The first kappa shape index (κ1) is 19.7. The number of rotatable bonds is 6. The molecule has 5 nitrogen and oxygen atoms in total. The van der Waals surface area contributed by atoms with E-state index in [9.17, 15) is 4.79 Å². The number of benzene rings is 2. The maximum absolute atomic E-state index is 12.9. The van der Waals surface area contributed by atoms with Crippen LogP contribution in [-0.2, 0) is 0 Å². The summed E-state index contributed by atoms with van der Waals surface area (Å²) in [5.74, 6) is 1.19. The second-order valence-corrected chi connectivity index (χ2v) is 7.09. The van der Waals surface area contributed by atoms with Gasteiger partial charge in [-0.15, -0.1) is 0 Å². The van der Waals surface area contributed by atoms with Crippen LogP contribution in [0.2, 0.25) is 0 Å². The second-order valence-electron chi connectivity index (χ2n) is 7.09. The molecular formula is C23H26N2O3. The lowest BCUT2D eigenvalue weighted by atomic mass is 10.1. The predicted molar refractivity (Wildman–Crippen MR) is 111 cm³/mol. The molecule has 0 saturated heterocycles. The van der Waals surface area contributed by atoms with Gasteiger partial charge < -0.3 is 14.8 Å². The number of methoxy groups -OCH3 is 1. The summed E-state index contributed by atoms with van der Waals surface area (Å²) >= 11 is 0. The molecule has 0 bridgehead atoms. The highest BCUT2D eigenvalue weighted by Gasteiger charge is 2.17. The summed E-state index contributed by atoms with van der Waals surface area (Å²) in [6.07, 6.45) is 0.0558. The average molecular weight is 378 g/mol. The van der Waals surface area contributed by atoms with Crippen LogP contribution < -0.4 is 14.8 Å². The van der Waals surface area contributed by atoms with Crippen molar-refractivity contribution in [2.45, 2.75) is 39.8 Å². The van der Waals surface area contributed by atoms with E-state index >= 15 is 0 Å². The topological polar surface area (TPSA) is 60.5 Å². The molecule has 1 atom stereocenters. The van der Waals surface area contributed by atoms with Crippen molar-refractivity contribution < 1.29 is 14.3 Å². The quantitative estimate of drug-likeness (QED) is 0.667. The van der Waals surface area contributed by atoms with E-state index < -0.39 is 0 Å². The van der Waals surface area contributed by atoms with Gasteiger partial charge in [-0.05, 0) is 57.5 Å². The zero-order chi connectivity index (χ0) is 20.3. The molecule has 146 valence electrons. The molecule has 5 heteroatoms. The highest BCUT2D eigenvalue weighted by molar-refractivity contribution is 5.98. The van der Waals surface area contributed by atoms with Gasteiger partial charge in [0.25, 0.3) is 5.91 Å². The summed E-state index contributed by atoms with van der Waals surface area (Å²) < 4.78 is 11.2. The zero-order valence-electron chi connectivity index (χ0n) is 16.9. The zero-order valence-corrected chi connectivity index (χ0v) is 16.9. The third-order valence-corrected chi connectivity index (χ3v) is 4.56. The molecule has 0 aliphatic carbocycles. The van der Waals surface area contributed by atoms with E-state index in [0.29, 0.717) is 22.8 Å². The van der Waals surface area contributed by atoms with Crippen molar-refractivity contribution in [3.05, 3.63) is 65.4 Å². The van der Waals surface area contributed by atoms with Gasteiger partial charge in [0.1, 0.15) is 0 Å². The van der Waals surface area contributed by atoms with Crippen LogP contribution in [0.4, 0.5) is 0 Å². The number of hydrogen-bond acceptors (Lipinski definition) is 4. The highest BCUT2D eigenvalue weighted by atomic mass is 16.5. The van der Waals surface area contributed by atoms with Gasteiger partial charge in [-0.2, -0.15) is 0 Å². The van der Waals surface area contributed by atoms with Crippen LogP contribution in [0, 0.1) is 6.92 Å². The monoisotopic (exact) mass is 378 g/mol. The number of fused-ring (bicyclic) bond motifs is 1. The number of amides is 1. The number of carbonyl (C=O) groups is 1. The Morgan fingerprint density at radius 1 is 1.04 bits per heavy atom. The lowest BCUT2D eigenvalue weighted by Crippen LogP contribution is -2.27. The minimum Gasteiger partial charge on any atom is -0.493 e. The molecule has 0 saturated carbocycles. The van der Waals surface area contributed by atoms with Gasteiger partial charge in [-0.25, -0.2) is 0 Å². The summed E-state index contributed by atoms with van der Waals surface area (Å²) in [5, 5.41) is 4.00. The molecule has 1 amide bonds. The van der Waals surface area contributed by atoms with Gasteiger partial charge in [0.2, 0.25) is 0 Å². The van der Waals surface area contributed by atoms with E-state index in [1.807, 2.05) is 76.2 Å². The average Bonchev–Trinajstić information content (AvgIpc) is 2.67. The SMILES string of the molecule is COc1cc(C(C)NC(=O)c2cc3ccccc3nc2C)ccc1OC(C)C. The number of carbonyl (C=O) groups excluding carboxylic acids is 1. The maximum Gasteiger partial charge on any atom is 0.253 e.